The molecule has 4 nitrogen and oxygen atoms in total. The molecule has 1 amide bonds. The molecule has 4 heteroatoms. The highest BCUT2D eigenvalue weighted by Gasteiger charge is 2.15. The highest BCUT2D eigenvalue weighted by atomic mass is 16.1. The predicted molar refractivity (Wildman–Crippen MR) is 122 cm³/mol. The van der Waals surface area contributed by atoms with Crippen LogP contribution in [0, 0.1) is 0 Å². The Morgan fingerprint density at radius 2 is 1.04 bits per heavy atom. The topological polar surface area (TPSA) is 35.6 Å². The van der Waals surface area contributed by atoms with Crippen molar-refractivity contribution in [1.82, 2.24) is 15.1 Å². The summed E-state index contributed by atoms with van der Waals surface area (Å²) in [6.45, 7) is 11.6. The molecular weight excluding hydrogens is 346 g/mol. The molecule has 0 aromatic carbocycles. The average Bonchev–Trinajstić information content (AvgIpc) is 2.69. The second-order valence-corrected chi connectivity index (χ2v) is 8.76. The lowest BCUT2D eigenvalue weighted by Gasteiger charge is -2.34. The smallest absolute Gasteiger partial charge is 0.216 e. The fourth-order valence-corrected chi connectivity index (χ4v) is 4.16. The molecule has 1 fully saturated rings. The molecule has 0 aromatic heterocycles. The summed E-state index contributed by atoms with van der Waals surface area (Å²) in [6, 6.07) is 0. The zero-order chi connectivity index (χ0) is 20.3. The third-order valence-electron chi connectivity index (χ3n) is 6.09. The molecule has 0 atom stereocenters. The maximum atomic E-state index is 10.9. The monoisotopic (exact) mass is 395 g/mol. The highest BCUT2D eigenvalue weighted by molar-refractivity contribution is 5.72. The molecule has 0 aromatic rings. The van der Waals surface area contributed by atoms with Crippen LogP contribution in [-0.2, 0) is 4.79 Å². The van der Waals surface area contributed by atoms with Gasteiger partial charge in [-0.2, -0.15) is 0 Å². The Morgan fingerprint density at radius 3 is 1.46 bits per heavy atom. The number of rotatable bonds is 18. The van der Waals surface area contributed by atoms with Gasteiger partial charge in [0.2, 0.25) is 5.91 Å². The number of carbonyl (C=O) groups excluding carboxylic acids is 1. The van der Waals surface area contributed by atoms with Gasteiger partial charge in [-0.15, -0.1) is 0 Å². The number of amides is 1. The highest BCUT2D eigenvalue weighted by Crippen LogP contribution is 2.13. The lowest BCUT2D eigenvalue weighted by molar-refractivity contribution is -0.119. The van der Waals surface area contributed by atoms with E-state index in [0.29, 0.717) is 0 Å². The maximum absolute atomic E-state index is 10.9. The van der Waals surface area contributed by atoms with Gasteiger partial charge in [-0.25, -0.2) is 0 Å². The first-order valence-electron chi connectivity index (χ1n) is 12.4. The van der Waals surface area contributed by atoms with Crippen molar-refractivity contribution >= 4 is 5.91 Å². The second kappa shape index (κ2) is 18.4. The summed E-state index contributed by atoms with van der Waals surface area (Å²) in [5, 5.41) is 2.89. The molecular formula is C24H49N3O. The van der Waals surface area contributed by atoms with Gasteiger partial charge >= 0.3 is 0 Å². The van der Waals surface area contributed by atoms with Crippen molar-refractivity contribution < 1.29 is 4.79 Å². The summed E-state index contributed by atoms with van der Waals surface area (Å²) in [5.74, 6) is 0.0800. The zero-order valence-corrected chi connectivity index (χ0v) is 19.2. The molecule has 1 rings (SSSR count). The second-order valence-electron chi connectivity index (χ2n) is 8.76. The number of nitrogens with one attached hydrogen (secondary N) is 1. The van der Waals surface area contributed by atoms with Crippen molar-refractivity contribution in [3.63, 3.8) is 0 Å². The van der Waals surface area contributed by atoms with Gasteiger partial charge in [0.15, 0.2) is 0 Å². The van der Waals surface area contributed by atoms with Crippen LogP contribution < -0.4 is 5.32 Å². The lowest BCUT2D eigenvalue weighted by atomic mass is 10.0. The molecule has 1 N–H and O–H groups in total. The minimum atomic E-state index is 0.0800. The minimum absolute atomic E-state index is 0.0800. The molecule has 0 unspecified atom stereocenters. The number of hydrogen-bond donors (Lipinski definition) is 1. The largest absolute Gasteiger partial charge is 0.355 e. The fraction of sp³-hybridized carbons (Fsp3) is 0.958. The Morgan fingerprint density at radius 1 is 0.643 bits per heavy atom. The van der Waals surface area contributed by atoms with E-state index in [0.717, 1.165) is 26.2 Å². The van der Waals surface area contributed by atoms with Crippen LogP contribution in [0.3, 0.4) is 0 Å². The quantitative estimate of drug-likeness (QED) is 0.323. The summed E-state index contributed by atoms with van der Waals surface area (Å²) in [4.78, 5) is 16.0. The van der Waals surface area contributed by atoms with E-state index >= 15 is 0 Å². The van der Waals surface area contributed by atoms with E-state index in [1.807, 2.05) is 0 Å². The Labute approximate surface area is 175 Å². The van der Waals surface area contributed by atoms with Crippen LogP contribution in [-0.4, -0.2) is 61.5 Å². The molecule has 166 valence electrons. The van der Waals surface area contributed by atoms with Gasteiger partial charge in [0.05, 0.1) is 0 Å². The Balaban J connectivity index is 1.78. The van der Waals surface area contributed by atoms with E-state index in [9.17, 15) is 4.79 Å². The molecule has 1 aliphatic heterocycles. The van der Waals surface area contributed by atoms with Crippen molar-refractivity contribution in [3.05, 3.63) is 0 Å². The summed E-state index contributed by atoms with van der Waals surface area (Å²) in [6.07, 6.45) is 20.1. The number of carbonyl (C=O) groups is 1. The molecule has 0 bridgehead atoms. The van der Waals surface area contributed by atoms with Gasteiger partial charge in [-0.05, 0) is 13.0 Å². The van der Waals surface area contributed by atoms with Crippen molar-refractivity contribution in [2.45, 2.75) is 104 Å². The maximum Gasteiger partial charge on any atom is 0.216 e. The first kappa shape index (κ1) is 25.4. The third kappa shape index (κ3) is 15.3. The van der Waals surface area contributed by atoms with Crippen LogP contribution in [0.5, 0.6) is 0 Å². The zero-order valence-electron chi connectivity index (χ0n) is 19.2. The normalized spacial score (nSPS) is 15.8. The molecule has 28 heavy (non-hydrogen) atoms. The summed E-state index contributed by atoms with van der Waals surface area (Å²) in [7, 11) is 0. The number of unbranched alkanes of at least 4 members (excludes halogenated alkanes) is 13. The van der Waals surface area contributed by atoms with Crippen molar-refractivity contribution in [3.8, 4) is 0 Å². The first-order valence-corrected chi connectivity index (χ1v) is 12.4. The van der Waals surface area contributed by atoms with Gasteiger partial charge in [0.1, 0.15) is 0 Å². The van der Waals surface area contributed by atoms with E-state index in [1.165, 1.54) is 110 Å². The van der Waals surface area contributed by atoms with Crippen LogP contribution >= 0.6 is 0 Å². The Bertz CT molecular complexity index is 354. The van der Waals surface area contributed by atoms with Crippen LogP contribution in [0.25, 0.3) is 0 Å². The molecule has 1 saturated heterocycles. The van der Waals surface area contributed by atoms with Gasteiger partial charge in [0, 0.05) is 46.2 Å². The van der Waals surface area contributed by atoms with Gasteiger partial charge in [-0.3, -0.25) is 9.69 Å². The van der Waals surface area contributed by atoms with Gasteiger partial charge in [0.25, 0.3) is 0 Å². The molecule has 0 radical (unpaired) electrons. The SMILES string of the molecule is CCCCCCCCCCCCCCCCN1CCN(CCNC(C)=O)CC1. The van der Waals surface area contributed by atoms with Gasteiger partial charge in [-0.1, -0.05) is 90.4 Å². The van der Waals surface area contributed by atoms with E-state index in [-0.39, 0.29) is 5.91 Å². The molecule has 0 spiro atoms. The lowest BCUT2D eigenvalue weighted by Crippen LogP contribution is -2.48. The number of nitrogens with zero attached hydrogens (tertiary/aromatic N) is 2. The van der Waals surface area contributed by atoms with Crippen molar-refractivity contribution in [2.24, 2.45) is 0 Å². The minimum Gasteiger partial charge on any atom is -0.355 e. The summed E-state index contributed by atoms with van der Waals surface area (Å²) in [5.41, 5.74) is 0. The molecule has 0 saturated carbocycles. The van der Waals surface area contributed by atoms with E-state index in [2.05, 4.69) is 22.0 Å². The van der Waals surface area contributed by atoms with Crippen molar-refractivity contribution in [1.29, 1.82) is 0 Å². The van der Waals surface area contributed by atoms with E-state index < -0.39 is 0 Å². The van der Waals surface area contributed by atoms with Gasteiger partial charge < -0.3 is 10.2 Å². The third-order valence-corrected chi connectivity index (χ3v) is 6.09. The predicted octanol–water partition coefficient (Wildman–Crippen LogP) is 5.22. The van der Waals surface area contributed by atoms with Crippen LogP contribution in [0.2, 0.25) is 0 Å². The average molecular weight is 396 g/mol. The van der Waals surface area contributed by atoms with Crippen LogP contribution in [0.15, 0.2) is 0 Å². The van der Waals surface area contributed by atoms with E-state index in [4.69, 9.17) is 0 Å². The fourth-order valence-electron chi connectivity index (χ4n) is 4.16. The number of hydrogen-bond acceptors (Lipinski definition) is 3. The number of piperazine rings is 1. The Kier molecular flexibility index (Phi) is 16.7. The van der Waals surface area contributed by atoms with Crippen LogP contribution in [0.1, 0.15) is 104 Å². The molecule has 1 heterocycles. The standard InChI is InChI=1S/C24H49N3O/c1-3-4-5-6-7-8-9-10-11-12-13-14-15-16-18-26-20-22-27(23-21-26)19-17-25-24(2)28/h3-23H2,1-2H3,(H,25,28). The van der Waals surface area contributed by atoms with Crippen molar-refractivity contribution in [2.75, 3.05) is 45.8 Å². The summed E-state index contributed by atoms with van der Waals surface area (Å²) < 4.78 is 0. The molecule has 1 aliphatic rings. The first-order chi connectivity index (χ1) is 13.7. The molecule has 0 aliphatic carbocycles. The summed E-state index contributed by atoms with van der Waals surface area (Å²) >= 11 is 0. The Hall–Kier alpha value is -0.610. The van der Waals surface area contributed by atoms with Crippen LogP contribution in [0.4, 0.5) is 0 Å². The van der Waals surface area contributed by atoms with E-state index in [1.54, 1.807) is 6.92 Å².